The second kappa shape index (κ2) is 6.07. The fraction of sp³-hybridized carbons (Fsp3) is 0.0769. The van der Waals surface area contributed by atoms with Gasteiger partial charge in [-0.1, -0.05) is 29.3 Å². The van der Waals surface area contributed by atoms with Crippen molar-refractivity contribution in [1.29, 1.82) is 0 Å². The van der Waals surface area contributed by atoms with Gasteiger partial charge in [0.25, 0.3) is 11.6 Å². The molecule has 0 saturated carbocycles. The molecule has 21 heavy (non-hydrogen) atoms. The Morgan fingerprint density at radius 1 is 1.29 bits per heavy atom. The Hall–Kier alpha value is -2.18. The monoisotopic (exact) mass is 325 g/mol. The fourth-order valence-electron chi connectivity index (χ4n) is 1.74. The molecular formula is C13H9Cl2N3O3. The molecule has 1 N–H and O–H groups in total. The minimum Gasteiger partial charge on any atom is -0.320 e. The average Bonchev–Trinajstić information content (AvgIpc) is 2.41. The normalized spacial score (nSPS) is 10.2. The van der Waals surface area contributed by atoms with Gasteiger partial charge in [0, 0.05) is 6.07 Å². The number of amides is 1. The highest BCUT2D eigenvalue weighted by atomic mass is 35.5. The van der Waals surface area contributed by atoms with E-state index in [1.807, 2.05) is 0 Å². The third-order valence-corrected chi connectivity index (χ3v) is 3.24. The molecule has 8 heteroatoms. The van der Waals surface area contributed by atoms with E-state index in [0.717, 1.165) is 0 Å². The van der Waals surface area contributed by atoms with Crippen molar-refractivity contribution in [2.75, 3.05) is 5.32 Å². The summed E-state index contributed by atoms with van der Waals surface area (Å²) in [5.41, 5.74) is 0.335. The predicted molar refractivity (Wildman–Crippen MR) is 80.0 cm³/mol. The van der Waals surface area contributed by atoms with Gasteiger partial charge in [0.05, 0.1) is 21.3 Å². The number of carbonyl (C=O) groups excluding carboxylic acids is 1. The number of nitrogens with one attached hydrogen (secondary N) is 1. The van der Waals surface area contributed by atoms with Gasteiger partial charge >= 0.3 is 0 Å². The maximum atomic E-state index is 12.2. The van der Waals surface area contributed by atoms with Gasteiger partial charge in [-0.15, -0.1) is 0 Å². The van der Waals surface area contributed by atoms with Crippen molar-refractivity contribution >= 4 is 40.5 Å². The van der Waals surface area contributed by atoms with Crippen molar-refractivity contribution < 1.29 is 9.72 Å². The van der Waals surface area contributed by atoms with Crippen LogP contribution in [-0.4, -0.2) is 15.8 Å². The zero-order valence-electron chi connectivity index (χ0n) is 10.8. The van der Waals surface area contributed by atoms with Gasteiger partial charge in [-0.05, 0) is 25.1 Å². The van der Waals surface area contributed by atoms with Crippen LogP contribution in [-0.2, 0) is 0 Å². The van der Waals surface area contributed by atoms with Crippen LogP contribution in [0.3, 0.4) is 0 Å². The van der Waals surface area contributed by atoms with E-state index in [1.165, 1.54) is 24.3 Å². The number of carbonyl (C=O) groups is 1. The summed E-state index contributed by atoms with van der Waals surface area (Å²) in [7, 11) is 0. The van der Waals surface area contributed by atoms with Crippen LogP contribution >= 0.6 is 23.2 Å². The van der Waals surface area contributed by atoms with E-state index in [-0.39, 0.29) is 21.4 Å². The van der Waals surface area contributed by atoms with Gasteiger partial charge < -0.3 is 5.32 Å². The molecule has 0 fully saturated rings. The molecule has 1 heterocycles. The summed E-state index contributed by atoms with van der Waals surface area (Å²) in [4.78, 5) is 26.5. The van der Waals surface area contributed by atoms with Crippen molar-refractivity contribution in [1.82, 2.24) is 4.98 Å². The largest absolute Gasteiger partial charge is 0.320 e. The summed E-state index contributed by atoms with van der Waals surface area (Å²) < 4.78 is 0. The van der Waals surface area contributed by atoms with E-state index in [2.05, 4.69) is 10.3 Å². The number of hydrogen-bond acceptors (Lipinski definition) is 4. The van der Waals surface area contributed by atoms with E-state index in [0.29, 0.717) is 11.4 Å². The summed E-state index contributed by atoms with van der Waals surface area (Å²) in [5.74, 6) is -0.681. The van der Waals surface area contributed by atoms with Crippen LogP contribution < -0.4 is 5.32 Å². The average molecular weight is 326 g/mol. The number of pyridine rings is 1. The van der Waals surface area contributed by atoms with Crippen LogP contribution in [0.15, 0.2) is 30.3 Å². The highest BCUT2D eigenvalue weighted by Gasteiger charge is 2.23. The van der Waals surface area contributed by atoms with Gasteiger partial charge in [-0.2, -0.15) is 0 Å². The van der Waals surface area contributed by atoms with E-state index in [9.17, 15) is 14.9 Å². The van der Waals surface area contributed by atoms with Crippen molar-refractivity contribution in [3.05, 3.63) is 61.9 Å². The lowest BCUT2D eigenvalue weighted by atomic mass is 10.1. The molecule has 1 amide bonds. The first-order chi connectivity index (χ1) is 9.90. The van der Waals surface area contributed by atoms with Crippen molar-refractivity contribution in [2.24, 2.45) is 0 Å². The lowest BCUT2D eigenvalue weighted by molar-refractivity contribution is -0.385. The highest BCUT2D eigenvalue weighted by Crippen LogP contribution is 2.27. The zero-order chi connectivity index (χ0) is 15.6. The van der Waals surface area contributed by atoms with Crippen LogP contribution in [0.5, 0.6) is 0 Å². The second-order valence-corrected chi connectivity index (χ2v) is 4.91. The first-order valence-corrected chi connectivity index (χ1v) is 6.53. The number of nitrogens with zero attached hydrogens (tertiary/aromatic N) is 2. The first kappa shape index (κ1) is 15.2. The van der Waals surface area contributed by atoms with Crippen molar-refractivity contribution in [3.8, 4) is 0 Å². The number of halogens is 2. The Kier molecular flexibility index (Phi) is 4.40. The number of hydrogen-bond donors (Lipinski definition) is 1. The van der Waals surface area contributed by atoms with Gasteiger partial charge in [-0.3, -0.25) is 14.9 Å². The number of aryl methyl sites for hydroxylation is 1. The molecule has 0 aliphatic heterocycles. The molecule has 0 saturated heterocycles. The predicted octanol–water partition coefficient (Wildman–Crippen LogP) is 3.86. The number of aromatic nitrogens is 1. The molecule has 6 nitrogen and oxygen atoms in total. The van der Waals surface area contributed by atoms with E-state index < -0.39 is 10.8 Å². The Labute approximate surface area is 129 Å². The third kappa shape index (κ3) is 3.29. The van der Waals surface area contributed by atoms with E-state index in [4.69, 9.17) is 23.2 Å². The molecule has 0 bridgehead atoms. The molecule has 1 aromatic carbocycles. The topological polar surface area (TPSA) is 85.1 Å². The van der Waals surface area contributed by atoms with Gasteiger partial charge in [-0.25, -0.2) is 4.98 Å². The molecule has 108 valence electrons. The summed E-state index contributed by atoms with van der Waals surface area (Å²) in [6, 6.07) is 7.10. The molecule has 0 aliphatic carbocycles. The Morgan fingerprint density at radius 2 is 2.00 bits per heavy atom. The number of nitro benzene ring substituents is 1. The number of benzene rings is 1. The third-order valence-electron chi connectivity index (χ3n) is 2.72. The SMILES string of the molecule is Cc1nc(Cl)ccc1NC(=O)c1c(Cl)cccc1[N+](=O)[O-]. The van der Waals surface area contributed by atoms with Crippen LogP contribution in [0.4, 0.5) is 11.4 Å². The molecule has 1 aromatic heterocycles. The highest BCUT2D eigenvalue weighted by molar-refractivity contribution is 6.35. The molecule has 2 aromatic rings. The van der Waals surface area contributed by atoms with Gasteiger partial charge in [0.1, 0.15) is 10.7 Å². The Morgan fingerprint density at radius 3 is 2.62 bits per heavy atom. The number of anilines is 1. The zero-order valence-corrected chi connectivity index (χ0v) is 12.3. The molecule has 0 unspecified atom stereocenters. The molecule has 0 radical (unpaired) electrons. The van der Waals surface area contributed by atoms with E-state index in [1.54, 1.807) is 13.0 Å². The summed E-state index contributed by atoms with van der Waals surface area (Å²) in [5, 5.41) is 13.8. The number of nitro groups is 1. The minimum atomic E-state index is -0.681. The second-order valence-electron chi connectivity index (χ2n) is 4.11. The standard InChI is InChI=1S/C13H9Cl2N3O3/c1-7-9(5-6-11(15)16-7)17-13(19)12-8(14)3-2-4-10(12)18(20)21/h2-6H,1H3,(H,17,19). The summed E-state index contributed by atoms with van der Waals surface area (Å²) in [6.07, 6.45) is 0. The van der Waals surface area contributed by atoms with Crippen molar-refractivity contribution in [3.63, 3.8) is 0 Å². The van der Waals surface area contributed by atoms with Crippen LogP contribution in [0.1, 0.15) is 16.1 Å². The molecular weight excluding hydrogens is 317 g/mol. The van der Waals surface area contributed by atoms with Gasteiger partial charge in [0.15, 0.2) is 0 Å². The lowest BCUT2D eigenvalue weighted by Crippen LogP contribution is -2.15. The Bertz CT molecular complexity index is 735. The van der Waals surface area contributed by atoms with Crippen molar-refractivity contribution in [2.45, 2.75) is 6.92 Å². The Balaban J connectivity index is 2.39. The fourth-order valence-corrected chi connectivity index (χ4v) is 2.18. The molecule has 2 rings (SSSR count). The molecule has 0 atom stereocenters. The minimum absolute atomic E-state index is 0.00118. The van der Waals surface area contributed by atoms with Crippen LogP contribution in [0, 0.1) is 17.0 Å². The molecule has 0 aliphatic rings. The molecule has 0 spiro atoms. The first-order valence-electron chi connectivity index (χ1n) is 5.77. The van der Waals surface area contributed by atoms with Crippen LogP contribution in [0.25, 0.3) is 0 Å². The quantitative estimate of drug-likeness (QED) is 0.527. The maximum Gasteiger partial charge on any atom is 0.283 e. The van der Waals surface area contributed by atoms with E-state index >= 15 is 0 Å². The number of rotatable bonds is 3. The van der Waals surface area contributed by atoms with Crippen LogP contribution in [0.2, 0.25) is 10.2 Å². The lowest BCUT2D eigenvalue weighted by Gasteiger charge is -2.09. The summed E-state index contributed by atoms with van der Waals surface area (Å²) in [6.45, 7) is 1.66. The van der Waals surface area contributed by atoms with Gasteiger partial charge in [0.2, 0.25) is 0 Å². The summed E-state index contributed by atoms with van der Waals surface area (Å²) >= 11 is 11.6. The maximum absolute atomic E-state index is 12.2. The smallest absolute Gasteiger partial charge is 0.283 e.